The molecule has 0 aromatic heterocycles. The van der Waals surface area contributed by atoms with E-state index >= 15 is 0 Å². The molecule has 0 aromatic carbocycles. The molecule has 0 heterocycles. The van der Waals surface area contributed by atoms with Gasteiger partial charge in [-0.2, -0.15) is 25.3 Å². The maximum atomic E-state index is 5.20. The highest BCUT2D eigenvalue weighted by Gasteiger charge is 2.36. The maximum Gasteiger partial charge on any atom is 0.500 e. The molecule has 94 valence electrons. The van der Waals surface area contributed by atoms with Gasteiger partial charge in [0.25, 0.3) is 0 Å². The second-order valence-electron chi connectivity index (χ2n) is 2.85. The summed E-state index contributed by atoms with van der Waals surface area (Å²) in [6.45, 7) is 2.10. The topological polar surface area (TPSA) is 27.7 Å². The molecule has 0 aromatic rings. The average molecular weight is 273 g/mol. The van der Waals surface area contributed by atoms with Gasteiger partial charge in [0.1, 0.15) is 0 Å². The molecule has 0 aliphatic heterocycles. The highest BCUT2D eigenvalue weighted by Crippen LogP contribution is 2.14. The van der Waals surface area contributed by atoms with Gasteiger partial charge in [-0.15, -0.1) is 0 Å². The molecule has 15 heavy (non-hydrogen) atoms. The standard InChI is InChI=1S/C6H16O3SSi.C3H8S/c1-7-11(8-2,9-3)6-4-5-10;1-2-3-4/h10H,4-6H2,1-3H3;4H,2-3H2,1H3. The molecule has 0 spiro atoms. The fourth-order valence-electron chi connectivity index (χ4n) is 0.852. The lowest BCUT2D eigenvalue weighted by Gasteiger charge is -2.23. The molecule has 3 nitrogen and oxygen atoms in total. The van der Waals surface area contributed by atoms with Crippen molar-refractivity contribution in [1.82, 2.24) is 0 Å². The number of rotatable bonds is 7. The zero-order valence-electron chi connectivity index (χ0n) is 10.2. The van der Waals surface area contributed by atoms with Crippen LogP contribution in [0.4, 0.5) is 0 Å². The van der Waals surface area contributed by atoms with E-state index in [0.29, 0.717) is 0 Å². The van der Waals surface area contributed by atoms with Crippen LogP contribution in [0.15, 0.2) is 0 Å². The first kappa shape index (κ1) is 18.2. The Morgan fingerprint density at radius 2 is 1.33 bits per heavy atom. The third kappa shape index (κ3) is 9.71. The van der Waals surface area contributed by atoms with Crippen LogP contribution in [0.2, 0.25) is 6.04 Å². The summed E-state index contributed by atoms with van der Waals surface area (Å²) in [7, 11) is 2.58. The zero-order chi connectivity index (χ0) is 12.2. The van der Waals surface area contributed by atoms with Gasteiger partial charge in [0.2, 0.25) is 0 Å². The predicted octanol–water partition coefficient (Wildman–Crippen LogP) is 2.51. The van der Waals surface area contributed by atoms with E-state index in [1.54, 1.807) is 21.3 Å². The quantitative estimate of drug-likeness (QED) is 0.551. The first-order valence-electron chi connectivity index (χ1n) is 5.03. The lowest BCUT2D eigenvalue weighted by molar-refractivity contribution is 0.123. The minimum Gasteiger partial charge on any atom is -0.377 e. The van der Waals surface area contributed by atoms with Crippen molar-refractivity contribution < 1.29 is 13.3 Å². The van der Waals surface area contributed by atoms with Crippen LogP contribution in [0.5, 0.6) is 0 Å². The van der Waals surface area contributed by atoms with Crippen LogP contribution in [0, 0.1) is 0 Å². The molecule has 0 unspecified atom stereocenters. The van der Waals surface area contributed by atoms with E-state index in [1.165, 1.54) is 6.42 Å². The number of thiol groups is 2. The Kier molecular flexibility index (Phi) is 15.6. The second kappa shape index (κ2) is 12.9. The van der Waals surface area contributed by atoms with Gasteiger partial charge in [0.15, 0.2) is 0 Å². The molecule has 0 fully saturated rings. The molecule has 0 aliphatic rings. The molecule has 0 saturated carbocycles. The van der Waals surface area contributed by atoms with Crippen molar-refractivity contribution >= 4 is 34.1 Å². The van der Waals surface area contributed by atoms with Crippen molar-refractivity contribution in [3.8, 4) is 0 Å². The Bertz CT molecular complexity index is 114. The lowest BCUT2D eigenvalue weighted by Crippen LogP contribution is -2.42. The van der Waals surface area contributed by atoms with Crippen LogP contribution in [0.3, 0.4) is 0 Å². The predicted molar refractivity (Wildman–Crippen MR) is 74.2 cm³/mol. The Labute approximate surface area is 106 Å². The first-order valence-corrected chi connectivity index (χ1v) is 8.23. The number of hydrogen-bond acceptors (Lipinski definition) is 5. The largest absolute Gasteiger partial charge is 0.500 e. The lowest BCUT2D eigenvalue weighted by atomic mass is 10.6. The second-order valence-corrected chi connectivity index (χ2v) is 6.83. The summed E-state index contributed by atoms with van der Waals surface area (Å²) in [6.07, 6.45) is 2.15. The van der Waals surface area contributed by atoms with Gasteiger partial charge in [-0.3, -0.25) is 0 Å². The van der Waals surface area contributed by atoms with Gasteiger partial charge in [-0.05, 0) is 24.3 Å². The Morgan fingerprint density at radius 3 is 1.53 bits per heavy atom. The molecular weight excluding hydrogens is 248 g/mol. The van der Waals surface area contributed by atoms with Crippen molar-refractivity contribution in [2.24, 2.45) is 0 Å². The van der Waals surface area contributed by atoms with Crippen LogP contribution in [-0.2, 0) is 13.3 Å². The van der Waals surface area contributed by atoms with Crippen molar-refractivity contribution in [3.63, 3.8) is 0 Å². The molecule has 0 N–H and O–H groups in total. The van der Waals surface area contributed by atoms with E-state index in [1.807, 2.05) is 0 Å². The summed E-state index contributed by atoms with van der Waals surface area (Å²) < 4.78 is 15.6. The van der Waals surface area contributed by atoms with Crippen LogP contribution in [0.1, 0.15) is 19.8 Å². The molecule has 0 aliphatic carbocycles. The molecule has 0 rings (SSSR count). The number of hydrogen-bond donors (Lipinski definition) is 2. The van der Waals surface area contributed by atoms with E-state index in [9.17, 15) is 0 Å². The van der Waals surface area contributed by atoms with E-state index in [-0.39, 0.29) is 0 Å². The highest BCUT2D eigenvalue weighted by atomic mass is 32.1. The summed E-state index contributed by atoms with van der Waals surface area (Å²) in [5.74, 6) is 1.85. The summed E-state index contributed by atoms with van der Waals surface area (Å²) in [5, 5.41) is 0. The zero-order valence-corrected chi connectivity index (χ0v) is 12.9. The molecule has 0 amide bonds. The van der Waals surface area contributed by atoms with Crippen molar-refractivity contribution in [3.05, 3.63) is 0 Å². The third-order valence-electron chi connectivity index (χ3n) is 1.80. The molecule has 0 saturated heterocycles. The van der Waals surface area contributed by atoms with E-state index in [0.717, 1.165) is 24.0 Å². The highest BCUT2D eigenvalue weighted by molar-refractivity contribution is 7.80. The van der Waals surface area contributed by atoms with Crippen LogP contribution < -0.4 is 0 Å². The van der Waals surface area contributed by atoms with E-state index < -0.39 is 8.80 Å². The average Bonchev–Trinajstić information content (AvgIpc) is 2.32. The minimum atomic E-state index is -2.29. The van der Waals surface area contributed by atoms with Crippen molar-refractivity contribution in [1.29, 1.82) is 0 Å². The normalized spacial score (nSPS) is 10.8. The smallest absolute Gasteiger partial charge is 0.377 e. The maximum absolute atomic E-state index is 5.20. The van der Waals surface area contributed by atoms with Crippen LogP contribution in [0.25, 0.3) is 0 Å². The Morgan fingerprint density at radius 1 is 0.933 bits per heavy atom. The summed E-state index contributed by atoms with van der Waals surface area (Å²) in [4.78, 5) is 0. The van der Waals surface area contributed by atoms with Crippen molar-refractivity contribution in [2.75, 3.05) is 32.8 Å². The Balaban J connectivity index is 0. The first-order chi connectivity index (χ1) is 7.16. The molecule has 0 radical (unpaired) electrons. The summed E-state index contributed by atoms with van der Waals surface area (Å²) in [5.41, 5.74) is 0. The fraction of sp³-hybridized carbons (Fsp3) is 1.00. The van der Waals surface area contributed by atoms with E-state index in [4.69, 9.17) is 13.3 Å². The molecule has 0 atom stereocenters. The van der Waals surface area contributed by atoms with Gasteiger partial charge in [-0.25, -0.2) is 0 Å². The van der Waals surface area contributed by atoms with Gasteiger partial charge in [0.05, 0.1) is 0 Å². The molecular formula is C9H24O3S2Si. The Hall–Kier alpha value is 0.797. The monoisotopic (exact) mass is 272 g/mol. The molecule has 6 heteroatoms. The van der Waals surface area contributed by atoms with Gasteiger partial charge in [0, 0.05) is 27.4 Å². The van der Waals surface area contributed by atoms with Crippen LogP contribution in [-0.4, -0.2) is 41.6 Å². The SMILES string of the molecule is CCCS.CO[Si](CCCS)(OC)OC. The third-order valence-corrected chi connectivity index (χ3v) is 5.39. The molecule has 0 bridgehead atoms. The summed E-state index contributed by atoms with van der Waals surface area (Å²) >= 11 is 8.03. The van der Waals surface area contributed by atoms with Gasteiger partial charge >= 0.3 is 8.80 Å². The fourth-order valence-corrected chi connectivity index (χ4v) is 3.03. The van der Waals surface area contributed by atoms with Crippen LogP contribution >= 0.6 is 25.3 Å². The van der Waals surface area contributed by atoms with E-state index in [2.05, 4.69) is 32.2 Å². The van der Waals surface area contributed by atoms with Crippen molar-refractivity contribution in [2.45, 2.75) is 25.8 Å². The van der Waals surface area contributed by atoms with Gasteiger partial charge < -0.3 is 13.3 Å². The minimum absolute atomic E-state index is 0.833. The van der Waals surface area contributed by atoms with Gasteiger partial charge in [-0.1, -0.05) is 6.92 Å². The summed E-state index contributed by atoms with van der Waals surface area (Å²) in [6, 6.07) is 0.833.